The second-order valence-corrected chi connectivity index (χ2v) is 9.41. The number of likely N-dealkylation sites (N-methyl/N-ethyl adjacent to an activating group) is 1. The molecule has 2 saturated heterocycles. The van der Waals surface area contributed by atoms with Crippen molar-refractivity contribution in [2.45, 2.75) is 31.4 Å². The van der Waals surface area contributed by atoms with Crippen molar-refractivity contribution < 1.29 is 17.9 Å². The third kappa shape index (κ3) is 5.98. The Labute approximate surface area is 145 Å². The van der Waals surface area contributed by atoms with Crippen LogP contribution in [0.5, 0.6) is 0 Å². The van der Waals surface area contributed by atoms with Crippen molar-refractivity contribution in [2.24, 2.45) is 0 Å². The summed E-state index contributed by atoms with van der Waals surface area (Å²) in [6.45, 7) is 5.06. The number of nitrogens with zero attached hydrogens (tertiary/aromatic N) is 3. The zero-order valence-corrected chi connectivity index (χ0v) is 15.9. The summed E-state index contributed by atoms with van der Waals surface area (Å²) in [5, 5.41) is 0. The number of ether oxygens (including phenoxy) is 1. The summed E-state index contributed by atoms with van der Waals surface area (Å²) >= 11 is 0. The maximum Gasteiger partial charge on any atom is 0.223 e. The summed E-state index contributed by atoms with van der Waals surface area (Å²) in [4.78, 5) is 18.8. The normalized spacial score (nSPS) is 26.2. The number of sulfone groups is 1. The lowest BCUT2D eigenvalue weighted by Crippen LogP contribution is -2.52. The van der Waals surface area contributed by atoms with E-state index in [1.807, 2.05) is 4.90 Å². The van der Waals surface area contributed by atoms with Crippen LogP contribution in [0.2, 0.25) is 0 Å². The molecule has 0 aromatic heterocycles. The van der Waals surface area contributed by atoms with Crippen molar-refractivity contribution in [3.63, 3.8) is 0 Å². The number of amides is 1. The molecule has 140 valence electrons. The molecule has 1 amide bonds. The highest BCUT2D eigenvalue weighted by atomic mass is 32.2. The number of hydrogen-bond acceptors (Lipinski definition) is 6. The smallest absolute Gasteiger partial charge is 0.223 e. The number of likely N-dealkylation sites (tertiary alicyclic amines) is 1. The molecule has 8 heteroatoms. The lowest BCUT2D eigenvalue weighted by molar-refractivity contribution is -0.130. The van der Waals surface area contributed by atoms with Gasteiger partial charge in [-0.2, -0.15) is 0 Å². The lowest BCUT2D eigenvalue weighted by atomic mass is 10.0. The van der Waals surface area contributed by atoms with Crippen LogP contribution in [0.1, 0.15) is 19.3 Å². The van der Waals surface area contributed by atoms with Gasteiger partial charge in [0.1, 0.15) is 9.84 Å². The van der Waals surface area contributed by atoms with Gasteiger partial charge >= 0.3 is 0 Å². The maximum absolute atomic E-state index is 12.3. The molecule has 2 fully saturated rings. The summed E-state index contributed by atoms with van der Waals surface area (Å²) in [5.41, 5.74) is 0. The van der Waals surface area contributed by atoms with Crippen molar-refractivity contribution in [3.8, 4) is 0 Å². The quantitative estimate of drug-likeness (QED) is 0.646. The minimum atomic E-state index is -3.10. The Morgan fingerprint density at radius 3 is 2.58 bits per heavy atom. The van der Waals surface area contributed by atoms with Crippen LogP contribution in [0.4, 0.5) is 0 Å². The minimum absolute atomic E-state index is 0.0566. The summed E-state index contributed by atoms with van der Waals surface area (Å²) in [5.74, 6) is -0.125. The molecule has 0 saturated carbocycles. The van der Waals surface area contributed by atoms with Gasteiger partial charge in [-0.1, -0.05) is 0 Å². The fourth-order valence-electron chi connectivity index (χ4n) is 3.45. The Morgan fingerprint density at radius 1 is 1.21 bits per heavy atom. The Balaban J connectivity index is 1.91. The van der Waals surface area contributed by atoms with E-state index in [1.54, 1.807) is 0 Å². The monoisotopic (exact) mass is 361 g/mol. The molecular formula is C16H31N3O4S. The number of carbonyl (C=O) groups excluding carboxylic acids is 1. The molecule has 0 spiro atoms. The zero-order chi connectivity index (χ0) is 17.7. The first-order valence-electron chi connectivity index (χ1n) is 8.72. The Kier molecular flexibility index (Phi) is 7.03. The molecule has 0 aromatic carbocycles. The maximum atomic E-state index is 12.3. The molecule has 2 unspecified atom stereocenters. The fraction of sp³-hybridized carbons (Fsp3) is 0.938. The van der Waals surface area contributed by atoms with E-state index in [2.05, 4.69) is 23.9 Å². The first kappa shape index (κ1) is 19.6. The van der Waals surface area contributed by atoms with Gasteiger partial charge in [-0.3, -0.25) is 9.69 Å². The average molecular weight is 362 g/mol. The van der Waals surface area contributed by atoms with Crippen molar-refractivity contribution in [2.75, 3.05) is 65.4 Å². The van der Waals surface area contributed by atoms with E-state index in [4.69, 9.17) is 4.74 Å². The van der Waals surface area contributed by atoms with Gasteiger partial charge in [0.15, 0.2) is 0 Å². The summed E-state index contributed by atoms with van der Waals surface area (Å²) in [6, 6.07) is 0.353. The molecule has 0 radical (unpaired) electrons. The third-order valence-electron chi connectivity index (χ3n) is 4.86. The number of morpholine rings is 1. The molecule has 2 heterocycles. The van der Waals surface area contributed by atoms with Crippen molar-refractivity contribution >= 4 is 15.7 Å². The Morgan fingerprint density at radius 2 is 1.92 bits per heavy atom. The van der Waals surface area contributed by atoms with Crippen molar-refractivity contribution in [3.05, 3.63) is 0 Å². The molecule has 2 rings (SSSR count). The van der Waals surface area contributed by atoms with Crippen LogP contribution < -0.4 is 0 Å². The standard InChI is InChI=1S/C16H31N3O4S/c1-17(2)9-10-18-11-12-23-15-5-8-19(7-4-14(15)18)16(20)6-13-24(3,21)22/h14-15H,4-13H2,1-3H3. The highest BCUT2D eigenvalue weighted by molar-refractivity contribution is 7.90. The molecule has 0 N–H and O–H groups in total. The highest BCUT2D eigenvalue weighted by Crippen LogP contribution is 2.24. The number of carbonyl (C=O) groups is 1. The van der Waals surface area contributed by atoms with Gasteiger partial charge in [0.05, 0.1) is 18.5 Å². The topological polar surface area (TPSA) is 70.2 Å². The molecule has 2 aliphatic rings. The molecule has 7 nitrogen and oxygen atoms in total. The molecule has 0 aliphatic carbocycles. The van der Waals surface area contributed by atoms with Crippen LogP contribution in [-0.2, 0) is 19.4 Å². The molecule has 0 bridgehead atoms. The summed E-state index contributed by atoms with van der Waals surface area (Å²) < 4.78 is 28.5. The first-order chi connectivity index (χ1) is 11.3. The van der Waals surface area contributed by atoms with Crippen LogP contribution in [0.15, 0.2) is 0 Å². The number of rotatable bonds is 6. The first-order valence-corrected chi connectivity index (χ1v) is 10.8. The highest BCUT2D eigenvalue weighted by Gasteiger charge is 2.35. The predicted molar refractivity (Wildman–Crippen MR) is 93.8 cm³/mol. The lowest BCUT2D eigenvalue weighted by Gasteiger charge is -2.40. The fourth-order valence-corrected chi connectivity index (χ4v) is 3.99. The second kappa shape index (κ2) is 8.60. The Hall–Kier alpha value is -0.700. The van der Waals surface area contributed by atoms with E-state index in [1.165, 1.54) is 6.26 Å². The number of fused-ring (bicyclic) bond motifs is 1. The van der Waals surface area contributed by atoms with Crippen molar-refractivity contribution in [1.82, 2.24) is 14.7 Å². The van der Waals surface area contributed by atoms with Crippen LogP contribution >= 0.6 is 0 Å². The van der Waals surface area contributed by atoms with Gasteiger partial charge in [-0.25, -0.2) is 8.42 Å². The summed E-state index contributed by atoms with van der Waals surface area (Å²) in [6.07, 6.45) is 3.15. The van der Waals surface area contributed by atoms with Crippen LogP contribution in [0.25, 0.3) is 0 Å². The van der Waals surface area contributed by atoms with Gasteiger partial charge < -0.3 is 14.5 Å². The Bertz CT molecular complexity index is 523. The minimum Gasteiger partial charge on any atom is -0.375 e. The molecule has 0 aromatic rings. The van der Waals surface area contributed by atoms with E-state index in [-0.39, 0.29) is 24.2 Å². The van der Waals surface area contributed by atoms with E-state index < -0.39 is 9.84 Å². The molecule has 24 heavy (non-hydrogen) atoms. The third-order valence-corrected chi connectivity index (χ3v) is 5.81. The van der Waals surface area contributed by atoms with Crippen LogP contribution in [0, 0.1) is 0 Å². The van der Waals surface area contributed by atoms with Gasteiger partial charge in [-0.15, -0.1) is 0 Å². The summed E-state index contributed by atoms with van der Waals surface area (Å²) in [7, 11) is 1.06. The van der Waals surface area contributed by atoms with Gasteiger partial charge in [0.2, 0.25) is 5.91 Å². The van der Waals surface area contributed by atoms with E-state index in [9.17, 15) is 13.2 Å². The van der Waals surface area contributed by atoms with Crippen LogP contribution in [-0.4, -0.2) is 107 Å². The van der Waals surface area contributed by atoms with Gasteiger partial charge in [0, 0.05) is 51.4 Å². The van der Waals surface area contributed by atoms with Gasteiger partial charge in [0.25, 0.3) is 0 Å². The molecular weight excluding hydrogens is 330 g/mol. The van der Waals surface area contributed by atoms with Crippen molar-refractivity contribution in [1.29, 1.82) is 0 Å². The van der Waals surface area contributed by atoms with Gasteiger partial charge in [-0.05, 0) is 26.9 Å². The average Bonchev–Trinajstić information content (AvgIpc) is 2.72. The predicted octanol–water partition coefficient (Wildman–Crippen LogP) is -0.325. The van der Waals surface area contributed by atoms with Crippen LogP contribution in [0.3, 0.4) is 0 Å². The van der Waals surface area contributed by atoms with E-state index >= 15 is 0 Å². The SMILES string of the molecule is CN(C)CCN1CCOC2CCN(C(=O)CCS(C)(=O)=O)CCC21. The molecule has 2 aliphatic heterocycles. The second-order valence-electron chi connectivity index (χ2n) is 7.15. The van der Waals surface area contributed by atoms with E-state index in [0.29, 0.717) is 19.1 Å². The molecule has 2 atom stereocenters. The number of hydrogen-bond donors (Lipinski definition) is 0. The zero-order valence-electron chi connectivity index (χ0n) is 15.1. The van der Waals surface area contributed by atoms with E-state index in [0.717, 1.165) is 39.1 Å². The largest absolute Gasteiger partial charge is 0.375 e.